The molecule has 5 nitrogen and oxygen atoms in total. The monoisotopic (exact) mass is 513 g/mol. The van der Waals surface area contributed by atoms with E-state index in [-0.39, 0.29) is 5.97 Å². The number of benzene rings is 2. The molecule has 4 rings (SSSR count). The van der Waals surface area contributed by atoms with Crippen LogP contribution in [0.3, 0.4) is 0 Å². The van der Waals surface area contributed by atoms with Gasteiger partial charge in [-0.25, -0.2) is 4.79 Å². The zero-order valence-electron chi connectivity index (χ0n) is 20.9. The topological polar surface area (TPSA) is 47.4 Å². The number of ether oxygens (including phenoxy) is 1. The molecule has 1 fully saturated rings. The van der Waals surface area contributed by atoms with Crippen LogP contribution in [0.15, 0.2) is 48.5 Å². The smallest absolute Gasteiger partial charge is 0.337 e. The summed E-state index contributed by atoms with van der Waals surface area (Å²) in [5.41, 5.74) is 4.91. The van der Waals surface area contributed by atoms with Gasteiger partial charge in [0, 0.05) is 33.8 Å². The first-order valence-corrected chi connectivity index (χ1v) is 12.8. The second-order valence-electron chi connectivity index (χ2n) is 10.6. The van der Waals surface area contributed by atoms with Crippen molar-refractivity contribution in [3.8, 4) is 11.3 Å². The molecule has 0 saturated carbocycles. The lowest BCUT2D eigenvalue weighted by atomic mass is 9.90. The van der Waals surface area contributed by atoms with Crippen molar-refractivity contribution in [2.24, 2.45) is 5.41 Å². The van der Waals surface area contributed by atoms with Crippen LogP contribution in [-0.2, 0) is 11.3 Å². The lowest BCUT2D eigenvalue weighted by Crippen LogP contribution is -2.38. The summed E-state index contributed by atoms with van der Waals surface area (Å²) in [6.07, 6.45) is 2.19. The van der Waals surface area contributed by atoms with E-state index in [1.807, 2.05) is 24.3 Å². The van der Waals surface area contributed by atoms with Crippen LogP contribution in [-0.4, -0.2) is 47.4 Å². The molecule has 0 radical (unpaired) electrons. The van der Waals surface area contributed by atoms with Crippen LogP contribution in [0.4, 0.5) is 0 Å². The molecular formula is C28H33Cl2N3O2. The van der Waals surface area contributed by atoms with Crippen molar-refractivity contribution >= 4 is 29.2 Å². The number of hydrogen-bond donors (Lipinski definition) is 0. The van der Waals surface area contributed by atoms with E-state index in [0.29, 0.717) is 33.5 Å². The minimum absolute atomic E-state index is 0.296. The molecule has 0 bridgehead atoms. The molecule has 2 aromatic carbocycles. The lowest BCUT2D eigenvalue weighted by molar-refractivity contribution is 0.0600. The van der Waals surface area contributed by atoms with Gasteiger partial charge in [-0.15, -0.1) is 0 Å². The van der Waals surface area contributed by atoms with Gasteiger partial charge in [-0.2, -0.15) is 5.10 Å². The van der Waals surface area contributed by atoms with Gasteiger partial charge in [0.25, 0.3) is 0 Å². The molecule has 3 aromatic rings. The Morgan fingerprint density at radius 1 is 1.03 bits per heavy atom. The molecule has 0 atom stereocenters. The Bertz CT molecular complexity index is 1150. The first kappa shape index (κ1) is 25.7. The maximum atomic E-state index is 11.8. The van der Waals surface area contributed by atoms with Crippen LogP contribution >= 0.6 is 23.2 Å². The molecular weight excluding hydrogens is 481 g/mol. The van der Waals surface area contributed by atoms with E-state index in [4.69, 9.17) is 33.0 Å². The van der Waals surface area contributed by atoms with Gasteiger partial charge >= 0.3 is 5.97 Å². The molecule has 7 heteroatoms. The van der Waals surface area contributed by atoms with Gasteiger partial charge in [0.05, 0.1) is 24.9 Å². The number of likely N-dealkylation sites (tertiary alicyclic amines) is 1. The Morgan fingerprint density at radius 3 is 2.23 bits per heavy atom. The van der Waals surface area contributed by atoms with Crippen LogP contribution in [0.2, 0.25) is 10.0 Å². The second kappa shape index (κ2) is 10.7. The molecule has 0 spiro atoms. The Labute approximate surface area is 218 Å². The molecule has 186 valence electrons. The summed E-state index contributed by atoms with van der Waals surface area (Å²) >= 11 is 12.6. The molecule has 1 aromatic heterocycles. The van der Waals surface area contributed by atoms with E-state index < -0.39 is 0 Å². The Kier molecular flexibility index (Phi) is 7.89. The molecule has 0 amide bonds. The van der Waals surface area contributed by atoms with E-state index in [1.165, 1.54) is 12.8 Å². The zero-order valence-corrected chi connectivity index (χ0v) is 22.4. The van der Waals surface area contributed by atoms with Crippen LogP contribution in [0.25, 0.3) is 11.3 Å². The van der Waals surface area contributed by atoms with E-state index >= 15 is 0 Å². The quantitative estimate of drug-likeness (QED) is 0.335. The third-order valence-electron chi connectivity index (χ3n) is 6.38. The molecule has 0 N–H and O–H groups in total. The summed E-state index contributed by atoms with van der Waals surface area (Å²) in [5, 5.41) is 6.17. The maximum Gasteiger partial charge on any atom is 0.337 e. The molecule has 35 heavy (non-hydrogen) atoms. The Morgan fingerprint density at radius 2 is 1.66 bits per heavy atom. The maximum absolute atomic E-state index is 11.8. The fourth-order valence-electron chi connectivity index (χ4n) is 4.82. The van der Waals surface area contributed by atoms with Crippen molar-refractivity contribution in [2.75, 3.05) is 26.7 Å². The number of rotatable bonds is 6. The highest BCUT2D eigenvalue weighted by molar-refractivity contribution is 6.35. The number of methoxy groups -OCH3 is 1. The number of hydrogen-bond acceptors (Lipinski definition) is 4. The molecule has 1 aliphatic rings. The minimum atomic E-state index is -0.335. The van der Waals surface area contributed by atoms with E-state index in [9.17, 15) is 4.79 Å². The van der Waals surface area contributed by atoms with Crippen LogP contribution in [0, 0.1) is 5.41 Å². The standard InChI is InChI=1S/C28H33Cl2N3O2/c1-28(2,3)18-32-11-9-20(10-12-32)26-16-25(22-13-23(29)15-24(30)14-22)31-33(26)17-19-5-7-21(8-6-19)27(34)35-4/h5-8,13-16,20H,9-12,17-18H2,1-4H3. The third-order valence-corrected chi connectivity index (χ3v) is 6.82. The molecule has 1 aliphatic heterocycles. The van der Waals surface area contributed by atoms with Gasteiger partial charge < -0.3 is 9.64 Å². The van der Waals surface area contributed by atoms with Crippen molar-refractivity contribution in [2.45, 2.75) is 46.1 Å². The fourth-order valence-corrected chi connectivity index (χ4v) is 5.35. The third kappa shape index (κ3) is 6.66. The van der Waals surface area contributed by atoms with Gasteiger partial charge in [-0.1, -0.05) is 56.1 Å². The normalized spacial score (nSPS) is 15.4. The van der Waals surface area contributed by atoms with Gasteiger partial charge in [-0.05, 0) is 73.3 Å². The van der Waals surface area contributed by atoms with Gasteiger partial charge in [0.1, 0.15) is 0 Å². The summed E-state index contributed by atoms with van der Waals surface area (Å²) < 4.78 is 6.92. The highest BCUT2D eigenvalue weighted by Crippen LogP contribution is 2.34. The number of aromatic nitrogens is 2. The zero-order chi connectivity index (χ0) is 25.2. The second-order valence-corrected chi connectivity index (χ2v) is 11.4. The van der Waals surface area contributed by atoms with E-state index in [0.717, 1.165) is 49.3 Å². The van der Waals surface area contributed by atoms with Crippen molar-refractivity contribution in [1.82, 2.24) is 14.7 Å². The Balaban J connectivity index is 1.61. The summed E-state index contributed by atoms with van der Waals surface area (Å²) in [6, 6.07) is 15.2. The number of carbonyl (C=O) groups excluding carboxylic acids is 1. The summed E-state index contributed by atoms with van der Waals surface area (Å²) in [6.45, 7) is 10.8. The number of carbonyl (C=O) groups is 1. The average molecular weight is 514 g/mol. The van der Waals surface area contributed by atoms with E-state index in [1.54, 1.807) is 18.2 Å². The fraction of sp³-hybridized carbons (Fsp3) is 0.429. The van der Waals surface area contributed by atoms with Gasteiger partial charge in [0.2, 0.25) is 0 Å². The lowest BCUT2D eigenvalue weighted by Gasteiger charge is -2.36. The molecule has 1 saturated heterocycles. The average Bonchev–Trinajstić information content (AvgIpc) is 3.22. The van der Waals surface area contributed by atoms with Crippen molar-refractivity contribution in [3.05, 3.63) is 75.4 Å². The highest BCUT2D eigenvalue weighted by atomic mass is 35.5. The minimum Gasteiger partial charge on any atom is -0.465 e. The molecule has 0 unspecified atom stereocenters. The number of esters is 1. The number of piperidine rings is 1. The number of nitrogens with zero attached hydrogens (tertiary/aromatic N) is 3. The Hall–Kier alpha value is -2.34. The SMILES string of the molecule is COC(=O)c1ccc(Cn2nc(-c3cc(Cl)cc(Cl)c3)cc2C2CCN(CC(C)(C)C)CC2)cc1. The predicted molar refractivity (Wildman–Crippen MR) is 142 cm³/mol. The van der Waals surface area contributed by atoms with Gasteiger partial charge in [0.15, 0.2) is 0 Å². The summed E-state index contributed by atoms with van der Waals surface area (Å²) in [4.78, 5) is 14.4. The van der Waals surface area contributed by atoms with Crippen molar-refractivity contribution < 1.29 is 9.53 Å². The van der Waals surface area contributed by atoms with Crippen LogP contribution in [0.1, 0.15) is 61.1 Å². The largest absolute Gasteiger partial charge is 0.465 e. The van der Waals surface area contributed by atoms with Crippen LogP contribution in [0.5, 0.6) is 0 Å². The predicted octanol–water partition coefficient (Wildman–Crippen LogP) is 6.92. The van der Waals surface area contributed by atoms with Crippen molar-refractivity contribution in [3.63, 3.8) is 0 Å². The van der Waals surface area contributed by atoms with Gasteiger partial charge in [-0.3, -0.25) is 4.68 Å². The highest BCUT2D eigenvalue weighted by Gasteiger charge is 2.27. The first-order valence-electron chi connectivity index (χ1n) is 12.0. The van der Waals surface area contributed by atoms with Crippen LogP contribution < -0.4 is 0 Å². The molecule has 2 heterocycles. The number of halogens is 2. The summed E-state index contributed by atoms with van der Waals surface area (Å²) in [5.74, 6) is 0.0925. The summed E-state index contributed by atoms with van der Waals surface area (Å²) in [7, 11) is 1.39. The van der Waals surface area contributed by atoms with Crippen molar-refractivity contribution in [1.29, 1.82) is 0 Å². The van der Waals surface area contributed by atoms with E-state index in [2.05, 4.69) is 36.4 Å². The molecule has 0 aliphatic carbocycles. The first-order chi connectivity index (χ1) is 16.6.